The number of hydrogen-bond acceptors (Lipinski definition) is 2. The summed E-state index contributed by atoms with van der Waals surface area (Å²) in [6, 6.07) is 1.40. The van der Waals surface area contributed by atoms with Crippen molar-refractivity contribution < 1.29 is 0 Å². The maximum absolute atomic E-state index is 2.62. The maximum Gasteiger partial charge on any atom is 0.0245 e. The molecule has 14 heavy (non-hydrogen) atoms. The predicted molar refractivity (Wildman–Crippen MR) is 65.9 cm³/mol. The van der Waals surface area contributed by atoms with Crippen molar-refractivity contribution in [3.05, 3.63) is 0 Å². The smallest absolute Gasteiger partial charge is 0.0245 e. The van der Waals surface area contributed by atoms with E-state index in [0.29, 0.717) is 12.1 Å². The van der Waals surface area contributed by atoms with Gasteiger partial charge < -0.3 is 0 Å². The molecule has 0 aromatic heterocycles. The van der Waals surface area contributed by atoms with Crippen molar-refractivity contribution in [3.63, 3.8) is 0 Å². The third-order valence-corrected chi connectivity index (χ3v) is 4.80. The molecule has 84 valence electrons. The summed E-state index contributed by atoms with van der Waals surface area (Å²) in [6.45, 7) is 11.8. The molecule has 3 heteroatoms. The van der Waals surface area contributed by atoms with Crippen molar-refractivity contribution in [2.75, 3.05) is 13.1 Å². The first-order valence-electron chi connectivity index (χ1n) is 5.91. The summed E-state index contributed by atoms with van der Waals surface area (Å²) in [5, 5.41) is 0. The lowest BCUT2D eigenvalue weighted by atomic mass is 10.2. The first-order chi connectivity index (χ1) is 6.61. The van der Waals surface area contributed by atoms with Gasteiger partial charge in [0.2, 0.25) is 0 Å². The highest BCUT2D eigenvalue weighted by atomic mass is 31.1. The lowest BCUT2D eigenvalue weighted by Crippen LogP contribution is -2.34. The van der Waals surface area contributed by atoms with E-state index in [1.165, 1.54) is 32.4 Å². The highest BCUT2D eigenvalue weighted by molar-refractivity contribution is 7.32. The Morgan fingerprint density at radius 2 is 1.21 bits per heavy atom. The second-order valence-corrected chi connectivity index (χ2v) is 6.08. The molecule has 0 amide bonds. The fourth-order valence-electron chi connectivity index (χ4n) is 1.75. The van der Waals surface area contributed by atoms with Crippen molar-refractivity contribution in [2.45, 2.75) is 59.0 Å². The van der Waals surface area contributed by atoms with Gasteiger partial charge in [0.1, 0.15) is 0 Å². The van der Waals surface area contributed by atoms with Crippen molar-refractivity contribution in [3.8, 4) is 0 Å². The molecule has 0 aromatic carbocycles. The molecule has 2 nitrogen and oxygen atoms in total. The molecule has 0 saturated carbocycles. The largest absolute Gasteiger partial charge is 0.270 e. The quantitative estimate of drug-likeness (QED) is 0.654. The molecule has 0 spiro atoms. The molecule has 1 heterocycles. The van der Waals surface area contributed by atoms with Crippen LogP contribution in [0.5, 0.6) is 0 Å². The normalized spacial score (nSPS) is 22.7. The molecule has 0 aromatic rings. The van der Waals surface area contributed by atoms with Gasteiger partial charge in [-0.25, -0.2) is 0 Å². The van der Waals surface area contributed by atoms with Crippen molar-refractivity contribution in [1.82, 2.24) is 9.34 Å². The zero-order chi connectivity index (χ0) is 10.6. The zero-order valence-corrected chi connectivity index (χ0v) is 11.1. The van der Waals surface area contributed by atoms with E-state index < -0.39 is 0 Å². The van der Waals surface area contributed by atoms with Crippen LogP contribution >= 0.6 is 8.88 Å². The molecular formula is C11H25N2P. The minimum absolute atomic E-state index is 0.702. The second kappa shape index (κ2) is 6.05. The molecule has 1 fully saturated rings. The highest BCUT2D eigenvalue weighted by Crippen LogP contribution is 2.31. The van der Waals surface area contributed by atoms with E-state index in [9.17, 15) is 0 Å². The fourth-order valence-corrected chi connectivity index (χ4v) is 3.06. The minimum atomic E-state index is 0.702. The Balaban J connectivity index is 2.50. The Bertz CT molecular complexity index is 143. The van der Waals surface area contributed by atoms with Crippen molar-refractivity contribution >= 4 is 8.88 Å². The molecule has 1 saturated heterocycles. The van der Waals surface area contributed by atoms with E-state index in [4.69, 9.17) is 0 Å². The summed E-state index contributed by atoms with van der Waals surface area (Å²) in [7, 11) is 0.900. The van der Waals surface area contributed by atoms with E-state index in [0.717, 1.165) is 8.88 Å². The molecule has 0 bridgehead atoms. The Morgan fingerprint density at radius 3 is 1.57 bits per heavy atom. The summed E-state index contributed by atoms with van der Waals surface area (Å²) >= 11 is 0. The molecular weight excluding hydrogens is 191 g/mol. The molecule has 1 aliphatic heterocycles. The predicted octanol–water partition coefficient (Wildman–Crippen LogP) is 3.10. The van der Waals surface area contributed by atoms with Gasteiger partial charge in [-0.2, -0.15) is 0 Å². The molecule has 0 aliphatic carbocycles. The van der Waals surface area contributed by atoms with Crippen LogP contribution in [-0.2, 0) is 0 Å². The molecule has 0 atom stereocenters. The van der Waals surface area contributed by atoms with E-state index in [2.05, 4.69) is 37.0 Å². The third kappa shape index (κ3) is 3.84. The monoisotopic (exact) mass is 216 g/mol. The van der Waals surface area contributed by atoms with Crippen LogP contribution in [0.4, 0.5) is 0 Å². The van der Waals surface area contributed by atoms with Gasteiger partial charge >= 0.3 is 0 Å². The van der Waals surface area contributed by atoms with Crippen molar-refractivity contribution in [2.24, 2.45) is 0 Å². The first-order valence-corrected chi connectivity index (χ1v) is 6.80. The Morgan fingerprint density at radius 1 is 0.786 bits per heavy atom. The summed E-state index contributed by atoms with van der Waals surface area (Å²) in [5.41, 5.74) is 0. The number of hydrogen-bond donors (Lipinski definition) is 0. The van der Waals surface area contributed by atoms with E-state index >= 15 is 0 Å². The topological polar surface area (TPSA) is 6.48 Å². The van der Waals surface area contributed by atoms with Crippen LogP contribution in [0.25, 0.3) is 0 Å². The average molecular weight is 216 g/mol. The molecule has 1 rings (SSSR count). The summed E-state index contributed by atoms with van der Waals surface area (Å²) in [6.07, 6.45) is 4.17. The fraction of sp³-hybridized carbons (Fsp3) is 1.00. The highest BCUT2D eigenvalue weighted by Gasteiger charge is 2.18. The second-order valence-electron chi connectivity index (χ2n) is 4.73. The summed E-state index contributed by atoms with van der Waals surface area (Å²) in [5.74, 6) is 0. The number of nitrogens with zero attached hydrogens (tertiary/aromatic N) is 2. The third-order valence-electron chi connectivity index (χ3n) is 2.80. The average Bonchev–Trinajstić information content (AvgIpc) is 2.01. The van der Waals surface area contributed by atoms with Crippen LogP contribution in [0, 0.1) is 0 Å². The van der Waals surface area contributed by atoms with Gasteiger partial charge in [-0.15, -0.1) is 0 Å². The summed E-state index contributed by atoms with van der Waals surface area (Å²) < 4.78 is 5.25. The Labute approximate surface area is 90.9 Å². The molecule has 0 N–H and O–H groups in total. The molecule has 0 unspecified atom stereocenters. The van der Waals surface area contributed by atoms with Gasteiger partial charge in [-0.3, -0.25) is 9.34 Å². The van der Waals surface area contributed by atoms with Crippen LogP contribution in [0.15, 0.2) is 0 Å². The van der Waals surface area contributed by atoms with Crippen LogP contribution in [0.3, 0.4) is 0 Å². The first kappa shape index (κ1) is 12.4. The van der Waals surface area contributed by atoms with Crippen LogP contribution in [-0.4, -0.2) is 34.5 Å². The van der Waals surface area contributed by atoms with Crippen LogP contribution in [0.2, 0.25) is 0 Å². The molecule has 1 aliphatic rings. The zero-order valence-electron chi connectivity index (χ0n) is 10.1. The Kier molecular flexibility index (Phi) is 5.36. The van der Waals surface area contributed by atoms with Gasteiger partial charge in [0.15, 0.2) is 0 Å². The van der Waals surface area contributed by atoms with Gasteiger partial charge in [0.05, 0.1) is 0 Å². The van der Waals surface area contributed by atoms with E-state index in [1.54, 1.807) is 0 Å². The Hall–Kier alpha value is 0.350. The van der Waals surface area contributed by atoms with Gasteiger partial charge in [-0.05, 0) is 40.5 Å². The van der Waals surface area contributed by atoms with Gasteiger partial charge in [0, 0.05) is 34.1 Å². The maximum atomic E-state index is 2.62. The standard InChI is InChI=1S/C11H25N2P/c1-10(2)12-8-6-5-7-9-13(14-12)11(3)4/h10-11,14H,5-9H2,1-4H3. The van der Waals surface area contributed by atoms with Gasteiger partial charge in [0.25, 0.3) is 0 Å². The lowest BCUT2D eigenvalue weighted by molar-refractivity contribution is 0.295. The van der Waals surface area contributed by atoms with Crippen LogP contribution < -0.4 is 0 Å². The van der Waals surface area contributed by atoms with Crippen LogP contribution in [0.1, 0.15) is 47.0 Å². The number of rotatable bonds is 2. The lowest BCUT2D eigenvalue weighted by Gasteiger charge is -2.36. The van der Waals surface area contributed by atoms with E-state index in [-0.39, 0.29) is 0 Å². The summed E-state index contributed by atoms with van der Waals surface area (Å²) in [4.78, 5) is 0. The van der Waals surface area contributed by atoms with E-state index in [1.807, 2.05) is 0 Å². The molecule has 0 radical (unpaired) electrons. The SMILES string of the molecule is CC(C)N1CCCCCN(C(C)C)P1. The van der Waals surface area contributed by atoms with Crippen molar-refractivity contribution in [1.29, 1.82) is 0 Å². The minimum Gasteiger partial charge on any atom is -0.270 e. The van der Waals surface area contributed by atoms with Gasteiger partial charge in [-0.1, -0.05) is 6.42 Å².